The van der Waals surface area contributed by atoms with Gasteiger partial charge in [0.15, 0.2) is 4.77 Å². The summed E-state index contributed by atoms with van der Waals surface area (Å²) in [5.74, 6) is 0.288. The van der Waals surface area contributed by atoms with Crippen LogP contribution in [0.3, 0.4) is 0 Å². The molecule has 1 aromatic heterocycles. The van der Waals surface area contributed by atoms with Crippen molar-refractivity contribution in [3.05, 3.63) is 39.4 Å². The second kappa shape index (κ2) is 9.64. The van der Waals surface area contributed by atoms with Gasteiger partial charge in [-0.25, -0.2) is 8.42 Å². The molecule has 0 atom stereocenters. The SMILES string of the molecule is CCN(CC)S(=O)(=O)c1ccc(Cl)c(C(=O)NCCc2n[nH]c(=S)n2CC)c1. The first-order chi connectivity index (χ1) is 13.3. The molecule has 0 aliphatic rings. The number of benzene rings is 1. The molecular formula is C17H24ClN5O3S2. The topological polar surface area (TPSA) is 100 Å². The lowest BCUT2D eigenvalue weighted by atomic mass is 10.2. The van der Waals surface area contributed by atoms with Crippen molar-refractivity contribution >= 4 is 39.7 Å². The zero-order chi connectivity index (χ0) is 20.9. The number of carbonyl (C=O) groups excluding carboxylic acids is 1. The highest BCUT2D eigenvalue weighted by molar-refractivity contribution is 7.89. The molecule has 1 amide bonds. The van der Waals surface area contributed by atoms with E-state index < -0.39 is 15.9 Å². The van der Waals surface area contributed by atoms with Crippen LogP contribution in [-0.4, -0.2) is 53.0 Å². The van der Waals surface area contributed by atoms with Crippen LogP contribution >= 0.6 is 23.8 Å². The Balaban J connectivity index is 2.16. The van der Waals surface area contributed by atoms with E-state index in [4.69, 9.17) is 23.8 Å². The first kappa shape index (κ1) is 22.5. The lowest BCUT2D eigenvalue weighted by Crippen LogP contribution is -2.31. The number of aromatic nitrogens is 3. The predicted molar refractivity (Wildman–Crippen MR) is 111 cm³/mol. The molecule has 0 fully saturated rings. The number of H-pyrrole nitrogens is 1. The van der Waals surface area contributed by atoms with Crippen LogP contribution in [0.25, 0.3) is 0 Å². The molecular weight excluding hydrogens is 422 g/mol. The molecule has 0 aliphatic heterocycles. The van der Waals surface area contributed by atoms with Crippen LogP contribution in [0.1, 0.15) is 37.0 Å². The van der Waals surface area contributed by atoms with Gasteiger partial charge in [0.05, 0.1) is 15.5 Å². The van der Waals surface area contributed by atoms with Crippen LogP contribution in [0.5, 0.6) is 0 Å². The maximum absolute atomic E-state index is 12.7. The average molecular weight is 446 g/mol. The molecule has 0 aliphatic carbocycles. The van der Waals surface area contributed by atoms with Crippen molar-refractivity contribution in [1.82, 2.24) is 24.4 Å². The fourth-order valence-corrected chi connectivity index (χ4v) is 4.77. The van der Waals surface area contributed by atoms with E-state index in [1.165, 1.54) is 22.5 Å². The summed E-state index contributed by atoms with van der Waals surface area (Å²) in [4.78, 5) is 12.6. The lowest BCUT2D eigenvalue weighted by Gasteiger charge is -2.19. The Morgan fingerprint density at radius 3 is 2.61 bits per heavy atom. The Hall–Kier alpha value is -1.75. The molecule has 2 N–H and O–H groups in total. The van der Waals surface area contributed by atoms with E-state index in [2.05, 4.69) is 15.5 Å². The maximum atomic E-state index is 12.7. The third kappa shape index (κ3) is 4.80. The number of nitrogens with zero attached hydrogens (tertiary/aromatic N) is 3. The molecule has 8 nitrogen and oxygen atoms in total. The zero-order valence-electron chi connectivity index (χ0n) is 16.0. The van der Waals surface area contributed by atoms with Gasteiger partial charge >= 0.3 is 0 Å². The second-order valence-electron chi connectivity index (χ2n) is 5.93. The Bertz CT molecular complexity index is 996. The Morgan fingerprint density at radius 1 is 1.32 bits per heavy atom. The predicted octanol–water partition coefficient (Wildman–Crippen LogP) is 2.62. The van der Waals surface area contributed by atoms with Crippen molar-refractivity contribution in [3.63, 3.8) is 0 Å². The summed E-state index contributed by atoms with van der Waals surface area (Å²) in [6.45, 7) is 7.14. The Morgan fingerprint density at radius 2 is 2.00 bits per heavy atom. The van der Waals surface area contributed by atoms with Crippen LogP contribution in [0.15, 0.2) is 23.1 Å². The highest BCUT2D eigenvalue weighted by atomic mass is 35.5. The number of hydrogen-bond acceptors (Lipinski definition) is 5. The summed E-state index contributed by atoms with van der Waals surface area (Å²) >= 11 is 11.3. The molecule has 2 rings (SSSR count). The van der Waals surface area contributed by atoms with Crippen LogP contribution in [0, 0.1) is 4.77 Å². The molecule has 154 valence electrons. The van der Waals surface area contributed by atoms with E-state index >= 15 is 0 Å². The first-order valence-electron chi connectivity index (χ1n) is 8.98. The zero-order valence-corrected chi connectivity index (χ0v) is 18.4. The van der Waals surface area contributed by atoms with Gasteiger partial charge in [0.2, 0.25) is 10.0 Å². The van der Waals surface area contributed by atoms with Gasteiger partial charge < -0.3 is 9.88 Å². The number of nitrogens with one attached hydrogen (secondary N) is 2. The van der Waals surface area contributed by atoms with Gasteiger partial charge in [0.1, 0.15) is 5.82 Å². The molecule has 0 bridgehead atoms. The number of halogens is 1. The lowest BCUT2D eigenvalue weighted by molar-refractivity contribution is 0.0954. The van der Waals surface area contributed by atoms with Gasteiger partial charge in [0.25, 0.3) is 5.91 Å². The molecule has 0 unspecified atom stereocenters. The molecule has 1 heterocycles. The number of rotatable bonds is 9. The van der Waals surface area contributed by atoms with Gasteiger partial charge in [-0.15, -0.1) is 0 Å². The van der Waals surface area contributed by atoms with Crippen molar-refractivity contribution in [2.24, 2.45) is 0 Å². The van der Waals surface area contributed by atoms with E-state index in [1.54, 1.807) is 13.8 Å². The van der Waals surface area contributed by atoms with Crippen LogP contribution < -0.4 is 5.32 Å². The van der Waals surface area contributed by atoms with E-state index in [1.807, 2.05) is 11.5 Å². The summed E-state index contributed by atoms with van der Waals surface area (Å²) in [5.41, 5.74) is 0.115. The summed E-state index contributed by atoms with van der Waals surface area (Å²) in [6, 6.07) is 4.15. The average Bonchev–Trinajstić information content (AvgIpc) is 3.02. The summed E-state index contributed by atoms with van der Waals surface area (Å²) in [7, 11) is -3.68. The van der Waals surface area contributed by atoms with Crippen LogP contribution in [-0.2, 0) is 23.0 Å². The first-order valence-corrected chi connectivity index (χ1v) is 11.2. The van der Waals surface area contributed by atoms with E-state index in [0.29, 0.717) is 37.4 Å². The Labute approximate surface area is 174 Å². The fourth-order valence-electron chi connectivity index (χ4n) is 2.80. The largest absolute Gasteiger partial charge is 0.352 e. The minimum absolute atomic E-state index is 0.0395. The van der Waals surface area contributed by atoms with E-state index in [-0.39, 0.29) is 15.5 Å². The molecule has 11 heteroatoms. The van der Waals surface area contributed by atoms with Crippen LogP contribution in [0.4, 0.5) is 0 Å². The quantitative estimate of drug-likeness (QED) is 0.578. The molecule has 1 aromatic carbocycles. The van der Waals surface area contributed by atoms with Gasteiger partial charge in [-0.1, -0.05) is 25.4 Å². The normalized spacial score (nSPS) is 11.8. The van der Waals surface area contributed by atoms with Gasteiger partial charge in [-0.05, 0) is 37.3 Å². The molecule has 28 heavy (non-hydrogen) atoms. The van der Waals surface area contributed by atoms with Crippen LogP contribution in [0.2, 0.25) is 5.02 Å². The highest BCUT2D eigenvalue weighted by Crippen LogP contribution is 2.23. The minimum atomic E-state index is -3.68. The third-order valence-corrected chi connectivity index (χ3v) is 7.00. The number of aromatic amines is 1. The van der Waals surface area contributed by atoms with Gasteiger partial charge in [0, 0.05) is 32.6 Å². The number of amides is 1. The maximum Gasteiger partial charge on any atom is 0.252 e. The molecule has 2 aromatic rings. The van der Waals surface area contributed by atoms with E-state index in [9.17, 15) is 13.2 Å². The van der Waals surface area contributed by atoms with Crippen molar-refractivity contribution in [2.75, 3.05) is 19.6 Å². The van der Waals surface area contributed by atoms with Crippen molar-refractivity contribution < 1.29 is 13.2 Å². The number of carbonyl (C=O) groups is 1. The summed E-state index contributed by atoms with van der Waals surface area (Å²) in [5, 5.41) is 9.80. The molecule has 0 saturated heterocycles. The third-order valence-electron chi connectivity index (χ3n) is 4.31. The molecule has 0 saturated carbocycles. The van der Waals surface area contributed by atoms with Gasteiger partial charge in [-0.3, -0.25) is 9.89 Å². The number of hydrogen-bond donors (Lipinski definition) is 2. The minimum Gasteiger partial charge on any atom is -0.352 e. The molecule has 0 radical (unpaired) electrons. The second-order valence-corrected chi connectivity index (χ2v) is 8.66. The van der Waals surface area contributed by atoms with Crippen molar-refractivity contribution in [3.8, 4) is 0 Å². The molecule has 0 spiro atoms. The monoisotopic (exact) mass is 445 g/mol. The van der Waals surface area contributed by atoms with Crippen molar-refractivity contribution in [1.29, 1.82) is 0 Å². The highest BCUT2D eigenvalue weighted by Gasteiger charge is 2.23. The van der Waals surface area contributed by atoms with E-state index in [0.717, 1.165) is 5.82 Å². The Kier molecular flexibility index (Phi) is 7.76. The summed E-state index contributed by atoms with van der Waals surface area (Å²) in [6.07, 6.45) is 0.474. The smallest absolute Gasteiger partial charge is 0.252 e. The summed E-state index contributed by atoms with van der Waals surface area (Å²) < 4.78 is 29.1. The number of sulfonamides is 1. The van der Waals surface area contributed by atoms with Crippen molar-refractivity contribution in [2.45, 2.75) is 38.6 Å². The standard InChI is InChI=1S/C17H24ClN5O3S2/c1-4-22(5-2)28(25,26)12-7-8-14(18)13(11-12)16(24)19-10-9-15-20-21-17(27)23(15)6-3/h7-8,11H,4-6,9-10H2,1-3H3,(H,19,24)(H,21,27). The fraction of sp³-hybridized carbons (Fsp3) is 0.471. The van der Waals surface area contributed by atoms with Gasteiger partial charge in [-0.2, -0.15) is 9.40 Å².